The molecule has 0 aliphatic heterocycles. The summed E-state index contributed by atoms with van der Waals surface area (Å²) in [5.41, 5.74) is 9.27. The van der Waals surface area contributed by atoms with E-state index in [-0.39, 0.29) is 0 Å². The minimum absolute atomic E-state index is 0.417. The summed E-state index contributed by atoms with van der Waals surface area (Å²) in [6.07, 6.45) is 1.72. The van der Waals surface area contributed by atoms with Gasteiger partial charge in [-0.2, -0.15) is 5.10 Å². The van der Waals surface area contributed by atoms with Crippen molar-refractivity contribution in [1.82, 2.24) is 15.2 Å². The molecule has 3 rings (SSSR count). The van der Waals surface area contributed by atoms with Crippen LogP contribution in [0, 0.1) is 0 Å². The molecule has 100 valence electrons. The Morgan fingerprint density at radius 1 is 1.20 bits per heavy atom. The highest BCUT2D eigenvalue weighted by atomic mass is 79.9. The Morgan fingerprint density at radius 2 is 2.05 bits per heavy atom. The number of anilines is 1. The smallest absolute Gasteiger partial charge is 0.155 e. The van der Waals surface area contributed by atoms with E-state index >= 15 is 0 Å². The second-order valence-electron chi connectivity index (χ2n) is 4.20. The highest BCUT2D eigenvalue weighted by Crippen LogP contribution is 2.37. The van der Waals surface area contributed by atoms with Gasteiger partial charge in [-0.3, -0.25) is 10.1 Å². The Morgan fingerprint density at radius 3 is 2.75 bits per heavy atom. The van der Waals surface area contributed by atoms with Crippen LogP contribution < -0.4 is 5.73 Å². The molecule has 0 bridgehead atoms. The predicted octanol–water partition coefficient (Wildman–Crippen LogP) is 4.14. The molecular weight excluding hydrogens is 340 g/mol. The predicted molar refractivity (Wildman–Crippen MR) is 84.4 cm³/mol. The van der Waals surface area contributed by atoms with Gasteiger partial charge in [-0.05, 0) is 24.3 Å². The molecule has 3 aromatic rings. The molecular formula is C14H10BrClN4. The average molecular weight is 350 g/mol. The maximum absolute atomic E-state index is 5.97. The number of hydrogen-bond donors (Lipinski definition) is 2. The number of hydrogen-bond acceptors (Lipinski definition) is 3. The summed E-state index contributed by atoms with van der Waals surface area (Å²) in [4.78, 5) is 4.33. The number of halogens is 2. The van der Waals surface area contributed by atoms with Crippen molar-refractivity contribution >= 4 is 33.3 Å². The number of benzene rings is 1. The van der Waals surface area contributed by atoms with Gasteiger partial charge in [0.25, 0.3) is 0 Å². The number of nitrogens with two attached hydrogens (primary N) is 1. The summed E-state index contributed by atoms with van der Waals surface area (Å²) in [7, 11) is 0. The third-order valence-electron chi connectivity index (χ3n) is 2.92. The molecule has 2 aromatic heterocycles. The largest absolute Gasteiger partial charge is 0.382 e. The minimum atomic E-state index is 0.417. The maximum Gasteiger partial charge on any atom is 0.155 e. The Labute approximate surface area is 129 Å². The van der Waals surface area contributed by atoms with Crippen LogP contribution in [0.5, 0.6) is 0 Å². The normalized spacial score (nSPS) is 10.7. The van der Waals surface area contributed by atoms with Crippen LogP contribution in [0.25, 0.3) is 22.5 Å². The third-order valence-corrected chi connectivity index (χ3v) is 3.81. The van der Waals surface area contributed by atoms with Crippen molar-refractivity contribution in [3.05, 3.63) is 52.1 Å². The molecule has 6 heteroatoms. The molecule has 0 aliphatic rings. The first-order valence-corrected chi connectivity index (χ1v) is 7.04. The minimum Gasteiger partial charge on any atom is -0.382 e. The quantitative estimate of drug-likeness (QED) is 0.730. The summed E-state index contributed by atoms with van der Waals surface area (Å²) >= 11 is 9.48. The zero-order valence-corrected chi connectivity index (χ0v) is 12.6. The molecule has 0 saturated heterocycles. The van der Waals surface area contributed by atoms with Crippen LogP contribution in [0.2, 0.25) is 5.02 Å². The average Bonchev–Trinajstić information content (AvgIpc) is 2.81. The lowest BCUT2D eigenvalue weighted by molar-refractivity contribution is 1.10. The maximum atomic E-state index is 5.97. The molecule has 0 aliphatic carbocycles. The van der Waals surface area contributed by atoms with E-state index in [2.05, 4.69) is 31.1 Å². The highest BCUT2D eigenvalue weighted by Gasteiger charge is 2.17. The van der Waals surface area contributed by atoms with Crippen LogP contribution in [0.4, 0.5) is 5.82 Å². The topological polar surface area (TPSA) is 67.6 Å². The van der Waals surface area contributed by atoms with Crippen molar-refractivity contribution < 1.29 is 0 Å². The van der Waals surface area contributed by atoms with E-state index in [1.165, 1.54) is 0 Å². The molecule has 1 aromatic carbocycles. The fourth-order valence-corrected chi connectivity index (χ4v) is 2.89. The summed E-state index contributed by atoms with van der Waals surface area (Å²) < 4.78 is 0.867. The Balaban J connectivity index is 2.21. The van der Waals surface area contributed by atoms with Gasteiger partial charge in [0.15, 0.2) is 5.82 Å². The van der Waals surface area contributed by atoms with Gasteiger partial charge >= 0.3 is 0 Å². The van der Waals surface area contributed by atoms with Gasteiger partial charge in [-0.15, -0.1) is 0 Å². The summed E-state index contributed by atoms with van der Waals surface area (Å²) in [6.45, 7) is 0. The molecule has 3 N–H and O–H groups in total. The fourth-order valence-electron chi connectivity index (χ4n) is 2.01. The SMILES string of the molecule is Nc1n[nH]c(-c2ccc(Cl)cc2Br)c1-c1ccccn1. The second-order valence-corrected chi connectivity index (χ2v) is 5.49. The van der Waals surface area contributed by atoms with Gasteiger partial charge in [-0.1, -0.05) is 39.7 Å². The number of rotatable bonds is 2. The summed E-state index contributed by atoms with van der Waals surface area (Å²) in [6, 6.07) is 11.2. The lowest BCUT2D eigenvalue weighted by Crippen LogP contribution is -1.91. The van der Waals surface area contributed by atoms with Gasteiger partial charge in [0.05, 0.1) is 17.0 Å². The van der Waals surface area contributed by atoms with Gasteiger partial charge in [-0.25, -0.2) is 0 Å². The lowest BCUT2D eigenvalue weighted by atomic mass is 10.0. The van der Waals surface area contributed by atoms with Crippen LogP contribution in [-0.2, 0) is 0 Å². The van der Waals surface area contributed by atoms with Gasteiger partial charge in [0, 0.05) is 21.3 Å². The van der Waals surface area contributed by atoms with Crippen LogP contribution >= 0.6 is 27.5 Å². The van der Waals surface area contributed by atoms with Crippen molar-refractivity contribution in [1.29, 1.82) is 0 Å². The zero-order chi connectivity index (χ0) is 14.1. The van der Waals surface area contributed by atoms with Crippen LogP contribution in [0.15, 0.2) is 47.1 Å². The molecule has 0 atom stereocenters. The van der Waals surface area contributed by atoms with E-state index in [4.69, 9.17) is 17.3 Å². The van der Waals surface area contributed by atoms with Crippen LogP contribution in [0.1, 0.15) is 0 Å². The van der Waals surface area contributed by atoms with E-state index < -0.39 is 0 Å². The fraction of sp³-hybridized carbons (Fsp3) is 0. The van der Waals surface area contributed by atoms with Crippen LogP contribution in [-0.4, -0.2) is 15.2 Å². The van der Waals surface area contributed by atoms with Crippen molar-refractivity contribution in [3.63, 3.8) is 0 Å². The first-order valence-electron chi connectivity index (χ1n) is 5.87. The van der Waals surface area contributed by atoms with Gasteiger partial charge in [0.2, 0.25) is 0 Å². The Hall–Kier alpha value is -1.85. The molecule has 0 fully saturated rings. The number of aromatic amines is 1. The number of aromatic nitrogens is 3. The molecule has 0 radical (unpaired) electrons. The monoisotopic (exact) mass is 348 g/mol. The van der Waals surface area contributed by atoms with E-state index in [9.17, 15) is 0 Å². The van der Waals surface area contributed by atoms with Crippen molar-refractivity contribution in [2.75, 3.05) is 5.73 Å². The van der Waals surface area contributed by atoms with Crippen LogP contribution in [0.3, 0.4) is 0 Å². The number of nitrogen functional groups attached to an aromatic ring is 1. The van der Waals surface area contributed by atoms with E-state index in [0.29, 0.717) is 10.8 Å². The number of H-pyrrole nitrogens is 1. The standard InChI is InChI=1S/C14H10BrClN4/c15-10-7-8(16)4-5-9(10)13-12(14(17)20-19-13)11-3-1-2-6-18-11/h1-7H,(H3,17,19,20). The molecule has 0 saturated carbocycles. The first kappa shape index (κ1) is 13.1. The molecule has 20 heavy (non-hydrogen) atoms. The molecule has 4 nitrogen and oxygen atoms in total. The van der Waals surface area contributed by atoms with Gasteiger partial charge < -0.3 is 5.73 Å². The van der Waals surface area contributed by atoms with Crippen molar-refractivity contribution in [2.45, 2.75) is 0 Å². The highest BCUT2D eigenvalue weighted by molar-refractivity contribution is 9.10. The second kappa shape index (κ2) is 5.26. The molecule has 2 heterocycles. The van der Waals surface area contributed by atoms with E-state index in [0.717, 1.165) is 27.0 Å². The summed E-state index contributed by atoms with van der Waals surface area (Å²) in [5.74, 6) is 0.417. The Bertz CT molecular complexity index is 755. The van der Waals surface area contributed by atoms with Crippen molar-refractivity contribution in [3.8, 4) is 22.5 Å². The Kier molecular flexibility index (Phi) is 3.46. The van der Waals surface area contributed by atoms with E-state index in [1.807, 2.05) is 36.4 Å². The number of pyridine rings is 1. The molecule has 0 spiro atoms. The van der Waals surface area contributed by atoms with Crippen molar-refractivity contribution in [2.24, 2.45) is 0 Å². The summed E-state index contributed by atoms with van der Waals surface area (Å²) in [5, 5.41) is 7.71. The number of nitrogens with zero attached hydrogens (tertiary/aromatic N) is 2. The third kappa shape index (κ3) is 2.30. The van der Waals surface area contributed by atoms with E-state index in [1.54, 1.807) is 6.20 Å². The first-order chi connectivity index (χ1) is 9.66. The molecule has 0 amide bonds. The molecule has 0 unspecified atom stereocenters. The zero-order valence-electron chi connectivity index (χ0n) is 10.3. The van der Waals surface area contributed by atoms with Gasteiger partial charge in [0.1, 0.15) is 0 Å². The number of nitrogens with one attached hydrogen (secondary N) is 1. The lowest BCUT2D eigenvalue weighted by Gasteiger charge is -2.06.